The van der Waals surface area contributed by atoms with E-state index in [4.69, 9.17) is 69.6 Å². The average Bonchev–Trinajstić information content (AvgIpc) is 2.83. The fourth-order valence-corrected chi connectivity index (χ4v) is 5.56. The molecule has 1 heterocycles. The van der Waals surface area contributed by atoms with Crippen LogP contribution in [0.2, 0.25) is 30.1 Å². The largest absolute Gasteiger partial charge is 0.388 e. The topological polar surface area (TPSA) is 99.4 Å². The summed E-state index contributed by atoms with van der Waals surface area (Å²) in [6.45, 7) is 0. The van der Waals surface area contributed by atoms with E-state index in [9.17, 15) is 15.3 Å². The Kier molecular flexibility index (Phi) is 10.3. The monoisotopic (exact) mass is 645 g/mol. The molecule has 4 rings (SSSR count). The highest BCUT2D eigenvalue weighted by Crippen LogP contribution is 2.31. The van der Waals surface area contributed by atoms with Gasteiger partial charge in [-0.25, -0.2) is 15.0 Å². The number of nitrogens with zero attached hydrogens (tertiary/aromatic N) is 3. The summed E-state index contributed by atoms with van der Waals surface area (Å²) in [5, 5.41) is 34.9. The molecule has 3 atom stereocenters. The Labute approximate surface area is 255 Å². The minimum absolute atomic E-state index is 0.0144. The molecule has 0 saturated carbocycles. The number of aromatic nitrogens is 3. The number of aliphatic hydroxyl groups is 3. The van der Waals surface area contributed by atoms with Gasteiger partial charge in [0.25, 0.3) is 0 Å². The lowest BCUT2D eigenvalue weighted by Crippen LogP contribution is -2.16. The van der Waals surface area contributed by atoms with Gasteiger partial charge in [-0.05, 0) is 53.1 Å². The van der Waals surface area contributed by atoms with Crippen molar-refractivity contribution >= 4 is 69.6 Å². The molecule has 12 heteroatoms. The lowest BCUT2D eigenvalue weighted by atomic mass is 10.0. The number of aliphatic hydroxyl groups excluding tert-OH is 3. The van der Waals surface area contributed by atoms with Gasteiger partial charge in [0, 0.05) is 49.4 Å². The van der Waals surface area contributed by atoms with E-state index in [0.717, 1.165) is 0 Å². The van der Waals surface area contributed by atoms with E-state index in [-0.39, 0.29) is 36.7 Å². The first kappa shape index (κ1) is 30.3. The second-order valence-corrected chi connectivity index (χ2v) is 11.3. The molecular formula is C27H21Cl6N3O3. The van der Waals surface area contributed by atoms with Crippen LogP contribution in [0, 0.1) is 0 Å². The summed E-state index contributed by atoms with van der Waals surface area (Å²) >= 11 is 36.8. The fraction of sp³-hybridized carbons (Fsp3) is 0.222. The van der Waals surface area contributed by atoms with Gasteiger partial charge >= 0.3 is 0 Å². The summed E-state index contributed by atoms with van der Waals surface area (Å²) in [5.74, 6) is 0.701. The molecule has 0 radical (unpaired) electrons. The maximum atomic E-state index is 10.9. The Morgan fingerprint density at radius 3 is 0.949 bits per heavy atom. The zero-order valence-corrected chi connectivity index (χ0v) is 24.5. The van der Waals surface area contributed by atoms with Gasteiger partial charge in [-0.2, -0.15) is 0 Å². The molecule has 0 aliphatic heterocycles. The standard InChI is InChI=1S/C27H21Cl6N3O3/c28-13-1-4-16(19(31)7-13)22(37)10-25-34-26(11-23(38)17-5-2-14(29)8-20(17)32)36-27(35-25)12-24(39)18-6-3-15(30)9-21(18)33/h1-9,22-24,37-39H,10-12H2. The third kappa shape index (κ3) is 7.94. The van der Waals surface area contributed by atoms with E-state index < -0.39 is 18.3 Å². The fourth-order valence-electron chi connectivity index (χ4n) is 3.96. The van der Waals surface area contributed by atoms with Crippen molar-refractivity contribution in [2.75, 3.05) is 0 Å². The summed E-state index contributed by atoms with van der Waals surface area (Å²) in [4.78, 5) is 13.4. The molecule has 204 valence electrons. The third-order valence-corrected chi connectivity index (χ3v) is 7.55. The minimum atomic E-state index is -1.05. The molecule has 0 amide bonds. The number of benzene rings is 3. The first-order valence-electron chi connectivity index (χ1n) is 11.6. The molecule has 3 aromatic carbocycles. The van der Waals surface area contributed by atoms with Crippen molar-refractivity contribution in [3.05, 3.63) is 119 Å². The molecule has 0 fully saturated rings. The summed E-state index contributed by atoms with van der Waals surface area (Å²) in [6.07, 6.45) is -3.20. The van der Waals surface area contributed by atoms with E-state index >= 15 is 0 Å². The summed E-state index contributed by atoms with van der Waals surface area (Å²) in [5.41, 5.74) is 1.35. The second-order valence-electron chi connectivity index (χ2n) is 8.74. The van der Waals surface area contributed by atoms with Crippen LogP contribution in [0.5, 0.6) is 0 Å². The minimum Gasteiger partial charge on any atom is -0.388 e. The molecular weight excluding hydrogens is 627 g/mol. The van der Waals surface area contributed by atoms with Crippen LogP contribution in [0.25, 0.3) is 0 Å². The maximum absolute atomic E-state index is 10.9. The Bertz CT molecular complexity index is 1300. The van der Waals surface area contributed by atoms with Crippen LogP contribution in [0.15, 0.2) is 54.6 Å². The van der Waals surface area contributed by atoms with E-state index in [1.165, 1.54) is 18.2 Å². The SMILES string of the molecule is OC(Cc1nc(CC(O)c2ccc(Cl)cc2Cl)nc(CC(O)c2ccc(Cl)cc2Cl)n1)c1ccc(Cl)cc1Cl. The molecule has 0 saturated heterocycles. The molecule has 39 heavy (non-hydrogen) atoms. The molecule has 0 aliphatic carbocycles. The predicted octanol–water partition coefficient (Wildman–Crippen LogP) is 7.62. The first-order valence-corrected chi connectivity index (χ1v) is 13.9. The number of rotatable bonds is 9. The van der Waals surface area contributed by atoms with E-state index in [0.29, 0.717) is 46.8 Å². The lowest BCUT2D eigenvalue weighted by molar-refractivity contribution is 0.169. The summed E-state index contributed by atoms with van der Waals surface area (Å²) < 4.78 is 0. The van der Waals surface area contributed by atoms with Crippen molar-refractivity contribution < 1.29 is 15.3 Å². The summed E-state index contributed by atoms with van der Waals surface area (Å²) in [7, 11) is 0. The molecule has 3 N–H and O–H groups in total. The highest BCUT2D eigenvalue weighted by molar-refractivity contribution is 6.36. The van der Waals surface area contributed by atoms with Gasteiger partial charge in [-0.15, -0.1) is 0 Å². The van der Waals surface area contributed by atoms with Crippen molar-refractivity contribution in [1.82, 2.24) is 15.0 Å². The van der Waals surface area contributed by atoms with Crippen LogP contribution in [0.1, 0.15) is 52.5 Å². The van der Waals surface area contributed by atoms with Gasteiger partial charge < -0.3 is 15.3 Å². The van der Waals surface area contributed by atoms with Gasteiger partial charge in [0.1, 0.15) is 17.5 Å². The van der Waals surface area contributed by atoms with Gasteiger partial charge in [0.2, 0.25) is 0 Å². The second kappa shape index (κ2) is 13.3. The van der Waals surface area contributed by atoms with Crippen LogP contribution < -0.4 is 0 Å². The highest BCUT2D eigenvalue weighted by Gasteiger charge is 2.21. The van der Waals surface area contributed by atoms with Crippen LogP contribution in [0.3, 0.4) is 0 Å². The molecule has 6 nitrogen and oxygen atoms in total. The van der Waals surface area contributed by atoms with Gasteiger partial charge in [-0.3, -0.25) is 0 Å². The van der Waals surface area contributed by atoms with Crippen LogP contribution in [-0.4, -0.2) is 30.3 Å². The first-order chi connectivity index (χ1) is 18.5. The lowest BCUT2D eigenvalue weighted by Gasteiger charge is -2.17. The molecule has 0 aliphatic rings. The van der Waals surface area contributed by atoms with E-state index in [2.05, 4.69) is 15.0 Å². The number of hydrogen-bond donors (Lipinski definition) is 3. The van der Waals surface area contributed by atoms with Gasteiger partial charge in [0.05, 0.1) is 18.3 Å². The Balaban J connectivity index is 1.65. The van der Waals surface area contributed by atoms with Gasteiger partial charge in [0.15, 0.2) is 0 Å². The molecule has 0 bridgehead atoms. The van der Waals surface area contributed by atoms with Crippen LogP contribution in [-0.2, 0) is 19.3 Å². The molecule has 4 aromatic rings. The highest BCUT2D eigenvalue weighted by atomic mass is 35.5. The van der Waals surface area contributed by atoms with E-state index in [1.54, 1.807) is 36.4 Å². The average molecular weight is 648 g/mol. The van der Waals surface area contributed by atoms with Crippen molar-refractivity contribution in [1.29, 1.82) is 0 Å². The molecule has 1 aromatic heterocycles. The molecule has 3 unspecified atom stereocenters. The number of hydrogen-bond acceptors (Lipinski definition) is 6. The van der Waals surface area contributed by atoms with Crippen molar-refractivity contribution in [3.8, 4) is 0 Å². The third-order valence-electron chi connectivity index (χ3n) is 5.87. The van der Waals surface area contributed by atoms with Crippen molar-refractivity contribution in [2.45, 2.75) is 37.6 Å². The zero-order chi connectivity index (χ0) is 28.3. The quantitative estimate of drug-likeness (QED) is 0.173. The van der Waals surface area contributed by atoms with Crippen molar-refractivity contribution in [3.63, 3.8) is 0 Å². The Morgan fingerprint density at radius 2 is 0.718 bits per heavy atom. The van der Waals surface area contributed by atoms with Gasteiger partial charge in [-0.1, -0.05) is 87.8 Å². The number of halogens is 6. The molecule has 0 spiro atoms. The summed E-state index contributed by atoms with van der Waals surface area (Å²) in [6, 6.07) is 14.3. The smallest absolute Gasteiger partial charge is 0.135 e. The maximum Gasteiger partial charge on any atom is 0.135 e. The van der Waals surface area contributed by atoms with Crippen LogP contribution in [0.4, 0.5) is 0 Å². The normalized spacial score (nSPS) is 13.8. The van der Waals surface area contributed by atoms with E-state index in [1.807, 2.05) is 0 Å². The predicted molar refractivity (Wildman–Crippen MR) is 155 cm³/mol. The Morgan fingerprint density at radius 1 is 0.462 bits per heavy atom. The Hall–Kier alpha value is -1.71. The van der Waals surface area contributed by atoms with Crippen molar-refractivity contribution in [2.24, 2.45) is 0 Å². The van der Waals surface area contributed by atoms with Crippen LogP contribution >= 0.6 is 69.6 Å². The zero-order valence-electron chi connectivity index (χ0n) is 20.0.